The lowest BCUT2D eigenvalue weighted by atomic mass is 9.96. The molecule has 0 bridgehead atoms. The van der Waals surface area contributed by atoms with E-state index in [2.05, 4.69) is 53.8 Å². The van der Waals surface area contributed by atoms with Gasteiger partial charge in [-0.25, -0.2) is 0 Å². The molecule has 2 aromatic rings. The Balaban J connectivity index is 1.64. The van der Waals surface area contributed by atoms with Crippen LogP contribution in [0, 0.1) is 0 Å². The molecule has 0 aliphatic carbocycles. The summed E-state index contributed by atoms with van der Waals surface area (Å²) in [5.41, 5.74) is 5.86. The molecule has 0 saturated carbocycles. The van der Waals surface area contributed by atoms with Gasteiger partial charge in [0.2, 0.25) is 0 Å². The molecule has 3 rings (SSSR count). The maximum absolute atomic E-state index is 3.58. The van der Waals surface area contributed by atoms with Crippen LogP contribution in [-0.2, 0) is 19.3 Å². The Labute approximate surface area is 115 Å². The smallest absolute Gasteiger partial charge is 0.0405 e. The van der Waals surface area contributed by atoms with Crippen LogP contribution in [0.1, 0.15) is 29.5 Å². The minimum Gasteiger partial charge on any atom is -0.385 e. The molecule has 0 atom stereocenters. The van der Waals surface area contributed by atoms with Gasteiger partial charge in [-0.3, -0.25) is 0 Å². The van der Waals surface area contributed by atoms with Gasteiger partial charge in [-0.2, -0.15) is 0 Å². The maximum atomic E-state index is 3.58. The minimum atomic E-state index is 1.13. The lowest BCUT2D eigenvalue weighted by Gasteiger charge is -2.21. The third-order valence-electron chi connectivity index (χ3n) is 3.92. The highest BCUT2D eigenvalue weighted by atomic mass is 14.9. The largest absolute Gasteiger partial charge is 0.385 e. The summed E-state index contributed by atoms with van der Waals surface area (Å²) in [6, 6.07) is 17.5. The maximum Gasteiger partial charge on any atom is 0.0405 e. The third-order valence-corrected chi connectivity index (χ3v) is 3.92. The van der Waals surface area contributed by atoms with Gasteiger partial charge in [-0.05, 0) is 48.8 Å². The molecule has 1 aliphatic rings. The van der Waals surface area contributed by atoms with Crippen molar-refractivity contribution in [3.05, 3.63) is 65.2 Å². The Morgan fingerprint density at radius 1 is 0.895 bits per heavy atom. The summed E-state index contributed by atoms with van der Waals surface area (Å²) in [6.45, 7) is 1.13. The van der Waals surface area contributed by atoms with Crippen molar-refractivity contribution in [1.29, 1.82) is 0 Å². The van der Waals surface area contributed by atoms with E-state index in [1.807, 2.05) is 0 Å². The second kappa shape index (κ2) is 5.92. The van der Waals surface area contributed by atoms with Crippen molar-refractivity contribution in [3.8, 4) is 0 Å². The summed E-state index contributed by atoms with van der Waals surface area (Å²) in [5, 5.41) is 3.58. The zero-order valence-corrected chi connectivity index (χ0v) is 11.4. The molecule has 1 N–H and O–H groups in total. The molecule has 0 aromatic heterocycles. The lowest BCUT2D eigenvalue weighted by Crippen LogP contribution is -2.13. The standard InChI is InChI=1S/C18H21N/c1-2-7-15(8-3-1)9-4-10-16-11-5-12-17-13-6-14-19-18(16)17/h1-3,5,7-8,11-12,19H,4,6,9-10,13-14H2. The van der Waals surface area contributed by atoms with Gasteiger partial charge >= 0.3 is 0 Å². The van der Waals surface area contributed by atoms with Crippen molar-refractivity contribution in [2.45, 2.75) is 32.1 Å². The van der Waals surface area contributed by atoms with E-state index in [4.69, 9.17) is 0 Å². The first kappa shape index (κ1) is 12.3. The van der Waals surface area contributed by atoms with Crippen molar-refractivity contribution >= 4 is 5.69 Å². The minimum absolute atomic E-state index is 1.13. The first-order chi connectivity index (χ1) is 9.43. The molecule has 0 spiro atoms. The second-order valence-corrected chi connectivity index (χ2v) is 5.32. The number of para-hydroxylation sites is 1. The molecule has 1 heteroatoms. The van der Waals surface area contributed by atoms with Gasteiger partial charge < -0.3 is 5.32 Å². The molecule has 98 valence electrons. The summed E-state index contributed by atoms with van der Waals surface area (Å²) in [7, 11) is 0. The van der Waals surface area contributed by atoms with Gasteiger partial charge in [0.15, 0.2) is 0 Å². The summed E-state index contributed by atoms with van der Waals surface area (Å²) in [5.74, 6) is 0. The average molecular weight is 251 g/mol. The highest BCUT2D eigenvalue weighted by Gasteiger charge is 2.11. The van der Waals surface area contributed by atoms with Crippen LogP contribution in [0.5, 0.6) is 0 Å². The Kier molecular flexibility index (Phi) is 3.83. The zero-order chi connectivity index (χ0) is 12.9. The van der Waals surface area contributed by atoms with Gasteiger partial charge in [0.05, 0.1) is 0 Å². The lowest BCUT2D eigenvalue weighted by molar-refractivity contribution is 0.796. The van der Waals surface area contributed by atoms with Gasteiger partial charge in [0.25, 0.3) is 0 Å². The van der Waals surface area contributed by atoms with Crippen molar-refractivity contribution in [2.75, 3.05) is 11.9 Å². The van der Waals surface area contributed by atoms with Gasteiger partial charge in [0, 0.05) is 12.2 Å². The van der Waals surface area contributed by atoms with Gasteiger partial charge in [-0.1, -0.05) is 48.5 Å². The number of benzene rings is 2. The number of fused-ring (bicyclic) bond motifs is 1. The topological polar surface area (TPSA) is 12.0 Å². The Morgan fingerprint density at radius 3 is 2.68 bits per heavy atom. The van der Waals surface area contributed by atoms with Crippen LogP contribution in [0.15, 0.2) is 48.5 Å². The number of aryl methyl sites for hydroxylation is 3. The van der Waals surface area contributed by atoms with Crippen LogP contribution >= 0.6 is 0 Å². The van der Waals surface area contributed by atoms with Crippen molar-refractivity contribution < 1.29 is 0 Å². The molecular weight excluding hydrogens is 230 g/mol. The Morgan fingerprint density at radius 2 is 1.79 bits per heavy atom. The summed E-state index contributed by atoms with van der Waals surface area (Å²) < 4.78 is 0. The van der Waals surface area contributed by atoms with E-state index in [-0.39, 0.29) is 0 Å². The van der Waals surface area contributed by atoms with Gasteiger partial charge in [-0.15, -0.1) is 0 Å². The molecule has 0 saturated heterocycles. The fourth-order valence-corrected chi connectivity index (χ4v) is 2.92. The summed E-state index contributed by atoms with van der Waals surface area (Å²) >= 11 is 0. The fraction of sp³-hybridized carbons (Fsp3) is 0.333. The van der Waals surface area contributed by atoms with Crippen LogP contribution < -0.4 is 5.32 Å². The molecule has 19 heavy (non-hydrogen) atoms. The number of nitrogens with one attached hydrogen (secondary N) is 1. The first-order valence-electron chi connectivity index (χ1n) is 7.32. The molecule has 0 unspecified atom stereocenters. The first-order valence-corrected chi connectivity index (χ1v) is 7.32. The molecule has 1 heterocycles. The van der Waals surface area contributed by atoms with Crippen LogP contribution in [0.25, 0.3) is 0 Å². The number of rotatable bonds is 4. The van der Waals surface area contributed by atoms with Crippen molar-refractivity contribution in [3.63, 3.8) is 0 Å². The number of hydrogen-bond acceptors (Lipinski definition) is 1. The van der Waals surface area contributed by atoms with E-state index in [0.717, 1.165) is 6.54 Å². The van der Waals surface area contributed by atoms with Crippen LogP contribution in [-0.4, -0.2) is 6.54 Å². The van der Waals surface area contributed by atoms with E-state index >= 15 is 0 Å². The summed E-state index contributed by atoms with van der Waals surface area (Å²) in [4.78, 5) is 0. The van der Waals surface area contributed by atoms with Crippen LogP contribution in [0.4, 0.5) is 5.69 Å². The fourth-order valence-electron chi connectivity index (χ4n) is 2.92. The third kappa shape index (κ3) is 2.98. The van der Waals surface area contributed by atoms with Crippen molar-refractivity contribution in [2.24, 2.45) is 0 Å². The van der Waals surface area contributed by atoms with Gasteiger partial charge in [0.1, 0.15) is 0 Å². The molecule has 0 radical (unpaired) electrons. The number of anilines is 1. The summed E-state index contributed by atoms with van der Waals surface area (Å²) in [6.07, 6.45) is 6.06. The normalized spacial score (nSPS) is 13.7. The molecule has 2 aromatic carbocycles. The van der Waals surface area contributed by atoms with E-state index in [1.165, 1.54) is 54.5 Å². The highest BCUT2D eigenvalue weighted by Crippen LogP contribution is 2.27. The predicted octanol–water partition coefficient (Wildman–Crippen LogP) is 4.22. The quantitative estimate of drug-likeness (QED) is 0.858. The Hall–Kier alpha value is -1.76. The molecule has 1 aliphatic heterocycles. The van der Waals surface area contributed by atoms with Crippen LogP contribution in [0.3, 0.4) is 0 Å². The van der Waals surface area contributed by atoms with E-state index in [1.54, 1.807) is 0 Å². The number of hydrogen-bond donors (Lipinski definition) is 1. The molecule has 0 fully saturated rings. The van der Waals surface area contributed by atoms with Crippen molar-refractivity contribution in [1.82, 2.24) is 0 Å². The molecule has 0 amide bonds. The molecular formula is C18H21N. The Bertz CT molecular complexity index is 531. The predicted molar refractivity (Wildman–Crippen MR) is 81.7 cm³/mol. The van der Waals surface area contributed by atoms with Crippen LogP contribution in [0.2, 0.25) is 0 Å². The SMILES string of the molecule is c1ccc(CCCc2cccc3c2NCCC3)cc1. The second-order valence-electron chi connectivity index (χ2n) is 5.32. The van der Waals surface area contributed by atoms with E-state index in [0.29, 0.717) is 0 Å². The zero-order valence-electron chi connectivity index (χ0n) is 11.4. The van der Waals surface area contributed by atoms with E-state index in [9.17, 15) is 0 Å². The van der Waals surface area contributed by atoms with E-state index < -0.39 is 0 Å². The average Bonchev–Trinajstić information content (AvgIpc) is 2.49. The monoisotopic (exact) mass is 251 g/mol. The molecule has 1 nitrogen and oxygen atoms in total. The highest BCUT2D eigenvalue weighted by molar-refractivity contribution is 5.59.